The molecule has 8 N–H and O–H groups in total. The van der Waals surface area contributed by atoms with Gasteiger partial charge < -0.3 is 20.8 Å². The molecule has 0 saturated carbocycles. The summed E-state index contributed by atoms with van der Waals surface area (Å²) in [7, 11) is 0. The Balaban J connectivity index is 1.91. The molecular formula is C22H22Cl4N4O8. The minimum Gasteiger partial charge on any atom is -0.595 e. The zero-order chi connectivity index (χ0) is 28.3. The molecule has 12 nitrogen and oxygen atoms in total. The number of hydrogen-bond acceptors (Lipinski definition) is 8. The Morgan fingerprint density at radius 3 is 1.18 bits per heavy atom. The number of quaternary nitrogens is 4. The molecule has 3 rings (SSSR count). The summed E-state index contributed by atoms with van der Waals surface area (Å²) in [6.45, 7) is 0. The van der Waals surface area contributed by atoms with Crippen LogP contribution in [-0.2, 0) is 0 Å². The van der Waals surface area contributed by atoms with E-state index in [0.29, 0.717) is 11.1 Å². The fourth-order valence-electron chi connectivity index (χ4n) is 3.79. The molecule has 206 valence electrons. The molecule has 0 spiro atoms. The lowest BCUT2D eigenvalue weighted by atomic mass is 9.96. The molecule has 8 atom stereocenters. The first kappa shape index (κ1) is 30.9. The Labute approximate surface area is 235 Å². The highest BCUT2D eigenvalue weighted by Gasteiger charge is 2.30. The van der Waals surface area contributed by atoms with Crippen LogP contribution in [0.2, 0.25) is 0 Å². The lowest BCUT2D eigenvalue weighted by Crippen LogP contribution is -3.01. The second-order valence-corrected chi connectivity index (χ2v) is 9.98. The van der Waals surface area contributed by atoms with E-state index in [1.54, 1.807) is 24.3 Å². The van der Waals surface area contributed by atoms with Crippen LogP contribution in [0.1, 0.15) is 43.8 Å². The van der Waals surface area contributed by atoms with Crippen LogP contribution in [0.5, 0.6) is 0 Å². The van der Waals surface area contributed by atoms with E-state index in [1.165, 1.54) is 24.3 Å². The number of rotatable bonds is 10. The van der Waals surface area contributed by atoms with E-state index in [2.05, 4.69) is 0 Å². The number of hydrogen-bond donors (Lipinski definition) is 8. The van der Waals surface area contributed by atoms with Gasteiger partial charge in [0.2, 0.25) is 0 Å². The van der Waals surface area contributed by atoms with Crippen LogP contribution in [0.15, 0.2) is 60.7 Å². The highest BCUT2D eigenvalue weighted by molar-refractivity contribution is 6.31. The minimum atomic E-state index is -1.37. The van der Waals surface area contributed by atoms with Gasteiger partial charge in [-0.15, -0.1) is 46.4 Å². The van der Waals surface area contributed by atoms with Gasteiger partial charge in [0.1, 0.15) is 0 Å². The predicted molar refractivity (Wildman–Crippen MR) is 137 cm³/mol. The molecule has 0 bridgehead atoms. The van der Waals surface area contributed by atoms with Crippen LogP contribution < -0.4 is 20.9 Å². The van der Waals surface area contributed by atoms with Crippen molar-refractivity contribution in [1.29, 1.82) is 0 Å². The van der Waals surface area contributed by atoms with E-state index in [9.17, 15) is 31.2 Å². The third kappa shape index (κ3) is 6.91. The van der Waals surface area contributed by atoms with Gasteiger partial charge in [-0.25, -0.2) is 20.8 Å². The maximum Gasteiger partial charge on any atom is 0.174 e. The molecule has 0 radical (unpaired) electrons. The lowest BCUT2D eigenvalue weighted by Gasteiger charge is -2.25. The van der Waals surface area contributed by atoms with Gasteiger partial charge in [-0.3, -0.25) is 0 Å². The highest BCUT2D eigenvalue weighted by Crippen LogP contribution is 2.45. The van der Waals surface area contributed by atoms with Gasteiger partial charge in [-0.1, -0.05) is 24.3 Å². The second kappa shape index (κ2) is 13.1. The summed E-state index contributed by atoms with van der Waals surface area (Å²) >= 11 is 26.3. The Kier molecular flexibility index (Phi) is 10.7. The summed E-state index contributed by atoms with van der Waals surface area (Å²) in [5, 5.41) is 74.0. The molecule has 3 aromatic rings. The number of benzene rings is 3. The molecule has 4 unspecified atom stereocenters. The van der Waals surface area contributed by atoms with Crippen LogP contribution in [0.25, 0.3) is 0 Å². The molecule has 0 aliphatic carbocycles. The van der Waals surface area contributed by atoms with Crippen molar-refractivity contribution in [2.45, 2.75) is 21.5 Å². The average Bonchev–Trinajstić information content (AvgIpc) is 2.90. The van der Waals surface area contributed by atoms with Crippen LogP contribution in [-0.4, -0.2) is 20.8 Å². The van der Waals surface area contributed by atoms with Crippen molar-refractivity contribution in [1.82, 2.24) is 0 Å². The lowest BCUT2D eigenvalue weighted by molar-refractivity contribution is -0.996. The average molecular weight is 612 g/mol. The van der Waals surface area contributed by atoms with Gasteiger partial charge in [0.05, 0.1) is 33.6 Å². The van der Waals surface area contributed by atoms with E-state index in [-0.39, 0.29) is 33.9 Å². The molecule has 16 heteroatoms. The van der Waals surface area contributed by atoms with Crippen LogP contribution in [0, 0.1) is 20.8 Å². The molecule has 3 aromatic carbocycles. The Bertz CT molecular complexity index is 1160. The summed E-state index contributed by atoms with van der Waals surface area (Å²) in [6, 6.07) is 13.5. The van der Waals surface area contributed by atoms with Crippen LogP contribution in [0.4, 0.5) is 22.7 Å². The third-order valence-electron chi connectivity index (χ3n) is 5.72. The molecule has 0 saturated heterocycles. The topological polar surface area (TPSA) is 191 Å². The Hall–Kier alpha value is -1.66. The van der Waals surface area contributed by atoms with E-state index in [1.807, 2.05) is 0 Å². The summed E-state index contributed by atoms with van der Waals surface area (Å²) in [5.41, 5.74) is 0.0296. The molecule has 0 aliphatic rings. The van der Waals surface area contributed by atoms with E-state index >= 15 is 0 Å². The molecule has 0 amide bonds. The Morgan fingerprint density at radius 2 is 0.868 bits per heavy atom. The largest absolute Gasteiger partial charge is 0.595 e. The second-order valence-electron chi connectivity index (χ2n) is 8.10. The summed E-state index contributed by atoms with van der Waals surface area (Å²) in [6.07, 6.45) is 0. The van der Waals surface area contributed by atoms with E-state index < -0.39 is 42.4 Å². The molecule has 0 aromatic heterocycles. The maximum atomic E-state index is 11.7. The first-order chi connectivity index (χ1) is 17.8. The van der Waals surface area contributed by atoms with Crippen molar-refractivity contribution in [2.75, 3.05) is 0 Å². The molecule has 0 fully saturated rings. The maximum absolute atomic E-state index is 11.7. The molecular weight excluding hydrogens is 590 g/mol. The normalized spacial score (nSPS) is 18.2. The standard InChI is InChI=1S/C22H22Cl4N4O8/c23-19(21(25)15-6-4-13(27(31)32)9-17(15)29(35)36)11-2-1-3-12(8-11)20(24)22(26)16-7-5-14(28(33)34)10-18(16)30(37)38/h1-10,19-22,27-31,33,35,37H/t19-,20-,21+,22+/m0/s1. The van der Waals surface area contributed by atoms with Crippen molar-refractivity contribution >= 4 is 69.2 Å². The van der Waals surface area contributed by atoms with Crippen LogP contribution in [0.3, 0.4) is 0 Å². The van der Waals surface area contributed by atoms with E-state index in [4.69, 9.17) is 56.8 Å². The summed E-state index contributed by atoms with van der Waals surface area (Å²) < 4.78 is 0. The summed E-state index contributed by atoms with van der Waals surface area (Å²) in [5.74, 6) is 0. The molecule has 0 aliphatic heterocycles. The van der Waals surface area contributed by atoms with Crippen molar-refractivity contribution in [3.8, 4) is 0 Å². The zero-order valence-corrected chi connectivity index (χ0v) is 22.0. The van der Waals surface area contributed by atoms with Gasteiger partial charge in [0, 0.05) is 23.3 Å². The van der Waals surface area contributed by atoms with Gasteiger partial charge in [-0.2, -0.15) is 20.9 Å². The van der Waals surface area contributed by atoms with Gasteiger partial charge in [0.15, 0.2) is 22.7 Å². The van der Waals surface area contributed by atoms with Crippen molar-refractivity contribution < 1.29 is 41.7 Å². The van der Waals surface area contributed by atoms with Gasteiger partial charge in [0.25, 0.3) is 0 Å². The fraction of sp³-hybridized carbons (Fsp3) is 0.182. The van der Waals surface area contributed by atoms with Gasteiger partial charge in [-0.05, 0) is 23.3 Å². The zero-order valence-electron chi connectivity index (χ0n) is 19.0. The predicted octanol–water partition coefficient (Wildman–Crippen LogP) is 1.82. The minimum absolute atomic E-state index is 0.108. The van der Waals surface area contributed by atoms with Crippen molar-refractivity contribution in [3.63, 3.8) is 0 Å². The SMILES string of the molecule is [O-][NH+](O)c1ccc([C@@H](Cl)[C@@H](Cl)c2cccc([C@H](Cl)[C@H](Cl)c3ccc([NH+]([O-])O)cc3[NH+]([O-])O)c2)c([NH+]([O-])O)c1. The molecule has 0 heterocycles. The number of nitrogens with one attached hydrogen (secondary N) is 4. The quantitative estimate of drug-likeness (QED) is 0.126. The van der Waals surface area contributed by atoms with Crippen molar-refractivity contribution in [2.24, 2.45) is 0 Å². The van der Waals surface area contributed by atoms with E-state index in [0.717, 1.165) is 12.1 Å². The van der Waals surface area contributed by atoms with Crippen LogP contribution >= 0.6 is 46.4 Å². The Morgan fingerprint density at radius 1 is 0.500 bits per heavy atom. The summed E-state index contributed by atoms with van der Waals surface area (Å²) in [4.78, 5) is 0. The van der Waals surface area contributed by atoms with Crippen molar-refractivity contribution in [3.05, 3.63) is 104 Å². The first-order valence-electron chi connectivity index (χ1n) is 10.7. The third-order valence-corrected chi connectivity index (χ3v) is 7.96. The number of alkyl halides is 4. The highest BCUT2D eigenvalue weighted by atomic mass is 35.5. The number of halogens is 4. The monoisotopic (exact) mass is 610 g/mol. The fourth-order valence-corrected chi connectivity index (χ4v) is 5.00. The smallest absolute Gasteiger partial charge is 0.174 e. The molecule has 38 heavy (non-hydrogen) atoms. The first-order valence-corrected chi connectivity index (χ1v) is 12.4. The van der Waals surface area contributed by atoms with Gasteiger partial charge >= 0.3 is 0 Å².